The number of alkyl halides is 3. The monoisotopic (exact) mass is 604 g/mol. The maximum atomic E-state index is 12.8. The zero-order valence-electron chi connectivity index (χ0n) is 23.5. The predicted octanol–water partition coefficient (Wildman–Crippen LogP) is 4.25. The number of carbonyl (C=O) groups excluding carboxylic acids is 1. The number of hydrogen-bond donors (Lipinski definition) is 3. The smallest absolute Gasteiger partial charge is 0.406 e. The van der Waals surface area contributed by atoms with E-state index in [2.05, 4.69) is 34.0 Å². The normalized spacial score (nSPS) is 17.4. The zero-order chi connectivity index (χ0) is 30.3. The van der Waals surface area contributed by atoms with Gasteiger partial charge in [-0.1, -0.05) is 18.8 Å². The summed E-state index contributed by atoms with van der Waals surface area (Å²) >= 11 is 1.09. The molecule has 1 atom stereocenters. The van der Waals surface area contributed by atoms with E-state index in [1.165, 1.54) is 45.2 Å². The van der Waals surface area contributed by atoms with E-state index >= 15 is 0 Å². The molecule has 3 heterocycles. The van der Waals surface area contributed by atoms with Crippen LogP contribution in [0.3, 0.4) is 0 Å². The summed E-state index contributed by atoms with van der Waals surface area (Å²) in [4.78, 5) is 19.1. The summed E-state index contributed by atoms with van der Waals surface area (Å²) in [5.41, 5.74) is 6.65. The van der Waals surface area contributed by atoms with E-state index in [9.17, 15) is 18.0 Å². The van der Waals surface area contributed by atoms with Crippen molar-refractivity contribution in [3.8, 4) is 17.6 Å². The fraction of sp³-hybridized carbons (Fsp3) is 0.448. The summed E-state index contributed by atoms with van der Waals surface area (Å²) in [7, 11) is 1.53. The van der Waals surface area contributed by atoms with Crippen LogP contribution in [-0.4, -0.2) is 72.5 Å². The standard InChI is InChI=1S/C20H18F3N5O2S.C9H17NO/c1-30-17-9-13(31-25)4-5-15(17)26-6-2-3-12-7-14(19(24)29)18-16(8-12)28(11-27-18)10-20(21,22)23;1-8-3-2-4-10(5-8)9-6-11-7-9/h4-5,7-9,11,26H,6,10,25H2,1H3,(H2,24,29);8-9H,2-7H2,1H3. The molecule has 0 saturated carbocycles. The number of primary amides is 1. The van der Waals surface area contributed by atoms with Crippen molar-refractivity contribution in [1.82, 2.24) is 14.5 Å². The van der Waals surface area contributed by atoms with Crippen molar-refractivity contribution < 1.29 is 27.4 Å². The van der Waals surface area contributed by atoms with Gasteiger partial charge in [-0.2, -0.15) is 13.2 Å². The van der Waals surface area contributed by atoms with Crippen molar-refractivity contribution >= 4 is 34.6 Å². The van der Waals surface area contributed by atoms with Gasteiger partial charge in [-0.3, -0.25) is 14.8 Å². The van der Waals surface area contributed by atoms with Crippen LogP contribution in [0, 0.1) is 17.8 Å². The number of hydrogen-bond acceptors (Lipinski definition) is 8. The van der Waals surface area contributed by atoms with Gasteiger partial charge in [0.1, 0.15) is 17.8 Å². The van der Waals surface area contributed by atoms with Gasteiger partial charge in [-0.15, -0.1) is 0 Å². The number of methoxy groups -OCH3 is 1. The van der Waals surface area contributed by atoms with Gasteiger partial charge in [-0.05, 0) is 67.6 Å². The number of anilines is 1. The summed E-state index contributed by atoms with van der Waals surface area (Å²) in [5, 5.41) is 8.63. The number of piperidine rings is 1. The second-order valence-corrected chi connectivity index (χ2v) is 11.0. The molecule has 9 nitrogen and oxygen atoms in total. The third-order valence-corrected chi connectivity index (χ3v) is 7.60. The minimum Gasteiger partial charge on any atom is -0.495 e. The first-order valence-corrected chi connectivity index (χ1v) is 14.4. The number of nitrogens with zero attached hydrogens (tertiary/aromatic N) is 3. The number of likely N-dealkylation sites (tertiary alicyclic amines) is 1. The highest BCUT2D eigenvalue weighted by atomic mass is 32.2. The highest BCUT2D eigenvalue weighted by Gasteiger charge is 2.30. The number of benzene rings is 2. The first-order valence-electron chi connectivity index (χ1n) is 13.5. The summed E-state index contributed by atoms with van der Waals surface area (Å²) in [6, 6.07) is 9.01. The zero-order valence-corrected chi connectivity index (χ0v) is 24.4. The predicted molar refractivity (Wildman–Crippen MR) is 157 cm³/mol. The molecule has 2 aromatic carbocycles. The van der Waals surface area contributed by atoms with Gasteiger partial charge in [0.2, 0.25) is 0 Å². The maximum Gasteiger partial charge on any atom is 0.406 e. The molecule has 2 aliphatic heterocycles. The first kappa shape index (κ1) is 31.5. The van der Waals surface area contributed by atoms with Gasteiger partial charge in [0, 0.05) is 17.0 Å². The lowest BCUT2D eigenvalue weighted by Gasteiger charge is -2.41. The number of imidazole rings is 1. The van der Waals surface area contributed by atoms with Crippen LogP contribution in [0.5, 0.6) is 5.75 Å². The van der Waals surface area contributed by atoms with Crippen molar-refractivity contribution in [1.29, 1.82) is 0 Å². The molecule has 2 saturated heterocycles. The molecule has 5 N–H and O–H groups in total. The molecule has 1 aromatic heterocycles. The number of fused-ring (bicyclic) bond motifs is 1. The van der Waals surface area contributed by atoms with Crippen LogP contribution in [-0.2, 0) is 11.3 Å². The average molecular weight is 605 g/mol. The molecule has 2 aliphatic rings. The lowest BCUT2D eigenvalue weighted by atomic mass is 9.98. The van der Waals surface area contributed by atoms with Crippen molar-refractivity contribution in [3.05, 3.63) is 47.8 Å². The highest BCUT2D eigenvalue weighted by Crippen LogP contribution is 2.28. The molecule has 2 fully saturated rings. The van der Waals surface area contributed by atoms with E-state index in [1.807, 2.05) is 6.07 Å². The van der Waals surface area contributed by atoms with Gasteiger partial charge >= 0.3 is 6.18 Å². The van der Waals surface area contributed by atoms with Crippen LogP contribution in [0.15, 0.2) is 41.6 Å². The Bertz CT molecular complexity index is 1450. The Hall–Kier alpha value is -3.44. The minimum atomic E-state index is -4.44. The highest BCUT2D eigenvalue weighted by molar-refractivity contribution is 7.97. The molecule has 13 heteroatoms. The number of rotatable bonds is 7. The minimum absolute atomic E-state index is 0.00669. The van der Waals surface area contributed by atoms with E-state index < -0.39 is 18.6 Å². The van der Waals surface area contributed by atoms with Crippen molar-refractivity contribution in [2.45, 2.75) is 43.4 Å². The number of amides is 1. The van der Waals surface area contributed by atoms with Crippen LogP contribution in [0.4, 0.5) is 18.9 Å². The Morgan fingerprint density at radius 1 is 1.29 bits per heavy atom. The lowest BCUT2D eigenvalue weighted by Crippen LogP contribution is -2.52. The van der Waals surface area contributed by atoms with Crippen LogP contribution >= 0.6 is 11.9 Å². The van der Waals surface area contributed by atoms with E-state index in [1.54, 1.807) is 12.1 Å². The van der Waals surface area contributed by atoms with Crippen molar-refractivity contribution in [2.24, 2.45) is 16.8 Å². The van der Waals surface area contributed by atoms with E-state index in [0.29, 0.717) is 17.0 Å². The summed E-state index contributed by atoms with van der Waals surface area (Å²) in [5.74, 6) is 6.40. The quantitative estimate of drug-likeness (QED) is 0.271. The van der Waals surface area contributed by atoms with Crippen LogP contribution in [0.25, 0.3) is 11.0 Å². The number of halogens is 3. The number of ether oxygens (including phenoxy) is 2. The van der Waals surface area contributed by atoms with Crippen molar-refractivity contribution in [2.75, 3.05) is 45.3 Å². The van der Waals surface area contributed by atoms with Gasteiger partial charge in [0.05, 0.1) is 56.0 Å². The largest absolute Gasteiger partial charge is 0.495 e. The second-order valence-electron chi connectivity index (χ2n) is 10.3. The van der Waals surface area contributed by atoms with Crippen LogP contribution < -0.4 is 20.9 Å². The molecule has 1 amide bonds. The van der Waals surface area contributed by atoms with E-state index in [4.69, 9.17) is 20.3 Å². The van der Waals surface area contributed by atoms with Gasteiger partial charge < -0.3 is 25.1 Å². The molecular weight excluding hydrogens is 569 g/mol. The molecule has 42 heavy (non-hydrogen) atoms. The Morgan fingerprint density at radius 3 is 2.69 bits per heavy atom. The van der Waals surface area contributed by atoms with Gasteiger partial charge in [0.15, 0.2) is 0 Å². The van der Waals surface area contributed by atoms with Crippen LogP contribution in [0.1, 0.15) is 35.7 Å². The van der Waals surface area contributed by atoms with E-state index in [0.717, 1.165) is 52.9 Å². The number of carbonyl (C=O) groups is 1. The number of nitrogens with one attached hydrogen (secondary N) is 1. The molecule has 0 aliphatic carbocycles. The number of aromatic nitrogens is 2. The Kier molecular flexibility index (Phi) is 10.6. The molecule has 0 bridgehead atoms. The second kappa shape index (κ2) is 14.2. The van der Waals surface area contributed by atoms with Gasteiger partial charge in [0.25, 0.3) is 5.91 Å². The summed E-state index contributed by atoms with van der Waals surface area (Å²) < 4.78 is 49.9. The third kappa shape index (κ3) is 8.32. The average Bonchev–Trinajstić information content (AvgIpc) is 3.31. The Labute approximate surface area is 247 Å². The Morgan fingerprint density at radius 2 is 2.07 bits per heavy atom. The molecule has 3 aromatic rings. The topological polar surface area (TPSA) is 121 Å². The fourth-order valence-corrected chi connectivity index (χ4v) is 5.23. The molecule has 0 spiro atoms. The first-order chi connectivity index (χ1) is 20.1. The number of nitrogens with two attached hydrogens (primary N) is 2. The molecule has 226 valence electrons. The summed E-state index contributed by atoms with van der Waals surface area (Å²) in [6.45, 7) is 5.89. The molecule has 5 rings (SSSR count). The fourth-order valence-electron chi connectivity index (χ4n) is 4.91. The molecule has 0 radical (unpaired) electrons. The SMILES string of the molecule is CC1CCCN(C2COC2)C1.COc1cc(SN)ccc1NCC#Cc1cc(C(N)=O)c2ncn(CC(F)(F)F)c2c1. The summed E-state index contributed by atoms with van der Waals surface area (Å²) in [6.07, 6.45) is -0.607. The lowest BCUT2D eigenvalue weighted by molar-refractivity contribution is -0.139. The van der Waals surface area contributed by atoms with Gasteiger partial charge in [-0.25, -0.2) is 4.98 Å². The van der Waals surface area contributed by atoms with Crippen LogP contribution in [0.2, 0.25) is 0 Å². The van der Waals surface area contributed by atoms with Crippen molar-refractivity contribution in [3.63, 3.8) is 0 Å². The molecule has 1 unspecified atom stereocenters. The Balaban J connectivity index is 0.000000305. The molecular formula is C29H35F3N6O3S. The third-order valence-electron chi connectivity index (χ3n) is 7.07. The maximum absolute atomic E-state index is 12.8. The van der Waals surface area contributed by atoms with E-state index in [-0.39, 0.29) is 23.1 Å².